The second kappa shape index (κ2) is 9.34. The van der Waals surface area contributed by atoms with Crippen LogP contribution in [-0.4, -0.2) is 51.4 Å². The number of fused-ring (bicyclic) bond motifs is 1. The van der Waals surface area contributed by atoms with Crippen LogP contribution in [0.1, 0.15) is 56.3 Å². The van der Waals surface area contributed by atoms with Crippen LogP contribution >= 0.6 is 11.6 Å². The molecule has 3 aromatic rings. The van der Waals surface area contributed by atoms with Gasteiger partial charge in [-0.25, -0.2) is 4.98 Å². The standard InChI is InChI=1S/C28H32ClN5O3/c1-16-11-17(7-8-20(16)29)21-12-19(27(2,3)4)24-22(32-21)13-23(37-24)25(35)34-10-9-33(18(14-30)15-31)26(36)28(34,5)6/h7-8,11-15,30H,9-10,31H2,1-6H3/b18-15+,30-14?. The summed E-state index contributed by atoms with van der Waals surface area (Å²) in [6, 6.07) is 9.40. The summed E-state index contributed by atoms with van der Waals surface area (Å²) in [4.78, 5) is 34.7. The lowest BCUT2D eigenvalue weighted by atomic mass is 9.86. The van der Waals surface area contributed by atoms with Gasteiger partial charge in [0.15, 0.2) is 11.3 Å². The van der Waals surface area contributed by atoms with E-state index in [1.807, 2.05) is 31.2 Å². The Kier molecular flexibility index (Phi) is 6.67. The fourth-order valence-corrected chi connectivity index (χ4v) is 4.73. The summed E-state index contributed by atoms with van der Waals surface area (Å²) >= 11 is 6.23. The Bertz CT molecular complexity index is 1450. The summed E-state index contributed by atoms with van der Waals surface area (Å²) in [7, 11) is 0. The van der Waals surface area contributed by atoms with Gasteiger partial charge >= 0.3 is 0 Å². The molecule has 2 amide bonds. The first-order valence-corrected chi connectivity index (χ1v) is 12.4. The third-order valence-corrected chi connectivity index (χ3v) is 7.24. The molecule has 1 aliphatic heterocycles. The van der Waals surface area contributed by atoms with Gasteiger partial charge in [0.05, 0.1) is 11.4 Å². The maximum Gasteiger partial charge on any atom is 0.290 e. The highest BCUT2D eigenvalue weighted by atomic mass is 35.5. The molecule has 1 fully saturated rings. The van der Waals surface area contributed by atoms with Crippen LogP contribution in [0.15, 0.2) is 46.6 Å². The fourth-order valence-electron chi connectivity index (χ4n) is 4.61. The molecule has 3 N–H and O–H groups in total. The number of aromatic nitrogens is 1. The number of nitrogens with zero attached hydrogens (tertiary/aromatic N) is 3. The number of hydrogen-bond acceptors (Lipinski definition) is 6. The molecule has 1 saturated heterocycles. The summed E-state index contributed by atoms with van der Waals surface area (Å²) in [5.74, 6) is -0.599. The number of amides is 2. The number of pyridine rings is 1. The second-order valence-corrected chi connectivity index (χ2v) is 11.2. The SMILES string of the molecule is Cc1cc(-c2cc(C(C)(C)C)c3oc(C(=O)N4CCN(/C(C=N)=C/N)C(=O)C4(C)C)cc3n2)ccc1Cl. The average molecular weight is 522 g/mol. The van der Waals surface area contributed by atoms with E-state index in [1.54, 1.807) is 19.9 Å². The van der Waals surface area contributed by atoms with E-state index in [-0.39, 0.29) is 35.9 Å². The van der Waals surface area contributed by atoms with Gasteiger partial charge in [-0.05, 0) is 49.9 Å². The lowest BCUT2D eigenvalue weighted by molar-refractivity contribution is -0.143. The minimum absolute atomic E-state index is 0.119. The normalized spacial score (nSPS) is 16.4. The smallest absolute Gasteiger partial charge is 0.290 e. The Morgan fingerprint density at radius 1 is 1.22 bits per heavy atom. The largest absolute Gasteiger partial charge is 0.449 e. The molecule has 1 aliphatic rings. The van der Waals surface area contributed by atoms with Crippen molar-refractivity contribution in [1.82, 2.24) is 14.8 Å². The quantitative estimate of drug-likeness (QED) is 0.454. The number of hydrogen-bond donors (Lipinski definition) is 2. The Balaban J connectivity index is 1.77. The van der Waals surface area contributed by atoms with E-state index in [2.05, 4.69) is 20.8 Å². The average Bonchev–Trinajstić information content (AvgIpc) is 3.27. The fraction of sp³-hybridized carbons (Fsp3) is 0.357. The third-order valence-electron chi connectivity index (χ3n) is 6.82. The Morgan fingerprint density at radius 3 is 2.51 bits per heavy atom. The second-order valence-electron chi connectivity index (χ2n) is 10.8. The van der Waals surface area contributed by atoms with Crippen LogP contribution in [0.4, 0.5) is 0 Å². The highest BCUT2D eigenvalue weighted by molar-refractivity contribution is 6.31. The van der Waals surface area contributed by atoms with Crippen LogP contribution in [0.5, 0.6) is 0 Å². The molecule has 8 nitrogen and oxygen atoms in total. The number of nitrogens with two attached hydrogens (primary N) is 1. The van der Waals surface area contributed by atoms with Crippen LogP contribution in [-0.2, 0) is 10.2 Å². The number of halogens is 1. The number of aryl methyl sites for hydroxylation is 1. The summed E-state index contributed by atoms with van der Waals surface area (Å²) in [6.45, 7) is 12.0. The first-order chi connectivity index (χ1) is 17.3. The molecule has 0 bridgehead atoms. The maximum absolute atomic E-state index is 13.7. The Labute approximate surface area is 221 Å². The van der Waals surface area contributed by atoms with Crippen molar-refractivity contribution in [2.24, 2.45) is 5.73 Å². The molecule has 0 aliphatic carbocycles. The number of furan rings is 1. The van der Waals surface area contributed by atoms with Gasteiger partial charge in [0.2, 0.25) is 0 Å². The maximum atomic E-state index is 13.7. The molecule has 0 atom stereocenters. The molecule has 1 aromatic carbocycles. The van der Waals surface area contributed by atoms with Crippen LogP contribution < -0.4 is 5.73 Å². The molecule has 4 rings (SSSR count). The van der Waals surface area contributed by atoms with Gasteiger partial charge < -0.3 is 25.4 Å². The molecule has 0 saturated carbocycles. The molecule has 0 spiro atoms. The van der Waals surface area contributed by atoms with E-state index in [1.165, 1.54) is 16.0 Å². The number of rotatable bonds is 4. The minimum Gasteiger partial charge on any atom is -0.449 e. The van der Waals surface area contributed by atoms with Crippen molar-refractivity contribution in [2.75, 3.05) is 13.1 Å². The molecule has 194 valence electrons. The minimum atomic E-state index is -1.17. The predicted octanol–water partition coefficient (Wildman–Crippen LogP) is 5.27. The van der Waals surface area contributed by atoms with Gasteiger partial charge in [-0.3, -0.25) is 9.59 Å². The van der Waals surface area contributed by atoms with Crippen molar-refractivity contribution in [3.8, 4) is 11.3 Å². The van der Waals surface area contributed by atoms with Crippen LogP contribution in [0.3, 0.4) is 0 Å². The van der Waals surface area contributed by atoms with Crippen molar-refractivity contribution in [3.63, 3.8) is 0 Å². The number of piperazine rings is 1. The molecular formula is C28H32ClN5O3. The highest BCUT2D eigenvalue weighted by Gasteiger charge is 2.46. The molecule has 2 aromatic heterocycles. The van der Waals surface area contributed by atoms with Gasteiger partial charge in [-0.15, -0.1) is 0 Å². The van der Waals surface area contributed by atoms with Gasteiger partial charge in [0.1, 0.15) is 11.1 Å². The predicted molar refractivity (Wildman–Crippen MR) is 146 cm³/mol. The zero-order valence-corrected chi connectivity index (χ0v) is 22.7. The van der Waals surface area contributed by atoms with Gasteiger partial charge in [0, 0.05) is 47.7 Å². The molecule has 37 heavy (non-hydrogen) atoms. The molecule has 3 heterocycles. The summed E-state index contributed by atoms with van der Waals surface area (Å²) in [6.07, 6.45) is 2.25. The van der Waals surface area contributed by atoms with Crippen molar-refractivity contribution in [3.05, 3.63) is 64.1 Å². The number of benzene rings is 1. The summed E-state index contributed by atoms with van der Waals surface area (Å²) < 4.78 is 6.15. The van der Waals surface area contributed by atoms with E-state index in [0.717, 1.165) is 28.6 Å². The number of carbonyl (C=O) groups is 2. The van der Waals surface area contributed by atoms with E-state index in [9.17, 15) is 9.59 Å². The van der Waals surface area contributed by atoms with E-state index >= 15 is 0 Å². The Morgan fingerprint density at radius 2 is 1.92 bits per heavy atom. The first-order valence-electron chi connectivity index (χ1n) is 12.1. The van der Waals surface area contributed by atoms with Crippen molar-refractivity contribution in [1.29, 1.82) is 5.41 Å². The highest BCUT2D eigenvalue weighted by Crippen LogP contribution is 2.36. The third kappa shape index (κ3) is 4.62. The topological polar surface area (TPSA) is 117 Å². The molecule has 0 radical (unpaired) electrons. The number of nitrogens with one attached hydrogen (secondary N) is 1. The number of allylic oxidation sites excluding steroid dienone is 1. The van der Waals surface area contributed by atoms with Gasteiger partial charge in [-0.2, -0.15) is 0 Å². The van der Waals surface area contributed by atoms with Crippen molar-refractivity contribution < 1.29 is 14.0 Å². The monoisotopic (exact) mass is 521 g/mol. The molecular weight excluding hydrogens is 490 g/mol. The zero-order valence-electron chi connectivity index (χ0n) is 22.0. The van der Waals surface area contributed by atoms with Crippen LogP contribution in [0.25, 0.3) is 22.4 Å². The van der Waals surface area contributed by atoms with Crippen molar-refractivity contribution in [2.45, 2.75) is 52.5 Å². The van der Waals surface area contributed by atoms with E-state index in [0.29, 0.717) is 16.1 Å². The zero-order chi connectivity index (χ0) is 27.3. The molecule has 0 unspecified atom stereocenters. The number of carbonyl (C=O) groups excluding carboxylic acids is 2. The lowest BCUT2D eigenvalue weighted by Crippen LogP contribution is -2.64. The summed E-state index contributed by atoms with van der Waals surface area (Å²) in [5.41, 5.74) is 9.09. The van der Waals surface area contributed by atoms with E-state index < -0.39 is 11.4 Å². The Hall–Kier alpha value is -3.65. The lowest BCUT2D eigenvalue weighted by Gasteiger charge is -2.45. The van der Waals surface area contributed by atoms with Crippen LogP contribution in [0, 0.1) is 12.3 Å². The van der Waals surface area contributed by atoms with Crippen LogP contribution in [0.2, 0.25) is 5.02 Å². The van der Waals surface area contributed by atoms with Crippen molar-refractivity contribution >= 4 is 40.7 Å². The van der Waals surface area contributed by atoms with Gasteiger partial charge in [-0.1, -0.05) is 38.4 Å². The van der Waals surface area contributed by atoms with Gasteiger partial charge in [0.25, 0.3) is 11.8 Å². The first kappa shape index (κ1) is 26.4. The molecule has 9 heteroatoms. The van der Waals surface area contributed by atoms with E-state index in [4.69, 9.17) is 32.1 Å². The summed E-state index contributed by atoms with van der Waals surface area (Å²) in [5, 5.41) is 8.23.